The summed E-state index contributed by atoms with van der Waals surface area (Å²) in [5, 5.41) is 8.35. The van der Waals surface area contributed by atoms with E-state index in [1.165, 1.54) is 0 Å². The van der Waals surface area contributed by atoms with Gasteiger partial charge in [0.15, 0.2) is 11.5 Å². The number of aromatic nitrogens is 3. The molecule has 156 valence electrons. The third-order valence-corrected chi connectivity index (χ3v) is 5.08. The molecule has 4 rings (SSSR count). The first-order valence-electron chi connectivity index (χ1n) is 9.73. The number of benzene rings is 2. The van der Waals surface area contributed by atoms with Gasteiger partial charge in [-0.25, -0.2) is 4.68 Å². The van der Waals surface area contributed by atoms with Gasteiger partial charge in [0.1, 0.15) is 18.1 Å². The van der Waals surface area contributed by atoms with Gasteiger partial charge in [0, 0.05) is 13.1 Å². The minimum atomic E-state index is 0.0752. The third kappa shape index (κ3) is 4.37. The van der Waals surface area contributed by atoms with Crippen molar-refractivity contribution in [2.75, 3.05) is 27.3 Å². The monoisotopic (exact) mass is 408 g/mol. The maximum Gasteiger partial charge on any atom is 0.227 e. The Balaban J connectivity index is 1.27. The van der Waals surface area contributed by atoms with Crippen molar-refractivity contribution in [2.24, 2.45) is 0 Å². The van der Waals surface area contributed by atoms with Crippen LogP contribution in [0.2, 0.25) is 0 Å². The maximum absolute atomic E-state index is 12.6. The maximum atomic E-state index is 12.6. The molecule has 0 atom stereocenters. The van der Waals surface area contributed by atoms with E-state index < -0.39 is 0 Å². The van der Waals surface area contributed by atoms with Crippen LogP contribution in [0.5, 0.6) is 17.2 Å². The van der Waals surface area contributed by atoms with Crippen molar-refractivity contribution < 1.29 is 19.0 Å². The van der Waals surface area contributed by atoms with Gasteiger partial charge >= 0.3 is 0 Å². The molecule has 1 aliphatic heterocycles. The van der Waals surface area contributed by atoms with Crippen molar-refractivity contribution in [1.82, 2.24) is 19.9 Å². The van der Waals surface area contributed by atoms with Crippen molar-refractivity contribution in [3.63, 3.8) is 0 Å². The Kier molecular flexibility index (Phi) is 5.83. The van der Waals surface area contributed by atoms with Gasteiger partial charge in [0.25, 0.3) is 0 Å². The molecule has 0 N–H and O–H groups in total. The van der Waals surface area contributed by atoms with Crippen molar-refractivity contribution >= 4 is 5.91 Å². The molecule has 0 bridgehead atoms. The lowest BCUT2D eigenvalue weighted by Gasteiger charge is -2.39. The molecular weight excluding hydrogens is 384 g/mol. The molecule has 2 aromatic carbocycles. The molecule has 0 spiro atoms. The molecular formula is C22H24N4O4. The Morgan fingerprint density at radius 3 is 2.57 bits per heavy atom. The zero-order chi connectivity index (χ0) is 20.9. The number of amides is 1. The molecule has 1 amide bonds. The third-order valence-electron chi connectivity index (χ3n) is 5.08. The zero-order valence-electron chi connectivity index (χ0n) is 17.0. The van der Waals surface area contributed by atoms with Gasteiger partial charge in [-0.15, -0.1) is 5.10 Å². The van der Waals surface area contributed by atoms with Gasteiger partial charge in [-0.3, -0.25) is 4.79 Å². The molecule has 0 aliphatic carbocycles. The molecule has 30 heavy (non-hydrogen) atoms. The summed E-state index contributed by atoms with van der Waals surface area (Å²) >= 11 is 0. The van der Waals surface area contributed by atoms with E-state index in [1.807, 2.05) is 64.3 Å². The normalized spacial score (nSPS) is 13.6. The number of hydrogen-bond acceptors (Lipinski definition) is 6. The fourth-order valence-corrected chi connectivity index (χ4v) is 3.34. The van der Waals surface area contributed by atoms with Gasteiger partial charge in [0.05, 0.1) is 32.9 Å². The Hall–Kier alpha value is -3.55. The average Bonchev–Trinajstić information content (AvgIpc) is 3.20. The number of rotatable bonds is 8. The average molecular weight is 408 g/mol. The minimum absolute atomic E-state index is 0.0752. The number of para-hydroxylation sites is 1. The molecule has 0 radical (unpaired) electrons. The van der Waals surface area contributed by atoms with Crippen molar-refractivity contribution in [3.05, 3.63) is 66.0 Å². The first-order chi connectivity index (χ1) is 14.7. The van der Waals surface area contributed by atoms with E-state index in [0.29, 0.717) is 37.6 Å². The number of carbonyl (C=O) groups is 1. The molecule has 8 heteroatoms. The molecule has 8 nitrogen and oxygen atoms in total. The lowest BCUT2D eigenvalue weighted by Crippen LogP contribution is -2.51. The summed E-state index contributed by atoms with van der Waals surface area (Å²) in [6.45, 7) is 1.60. The largest absolute Gasteiger partial charge is 0.493 e. The fraction of sp³-hybridized carbons (Fsp3) is 0.318. The summed E-state index contributed by atoms with van der Waals surface area (Å²) in [6.07, 6.45) is 2.20. The standard InChI is InChI=1S/C22H24N4O4/c1-28-20-9-8-16(10-21(20)29-2)11-22(27)25-13-18(14-25)26-12-17(23-24-26)15-30-19-6-4-3-5-7-19/h3-10,12,18H,11,13-15H2,1-2H3. The van der Waals surface area contributed by atoms with Crippen molar-refractivity contribution in [1.29, 1.82) is 0 Å². The van der Waals surface area contributed by atoms with Gasteiger partial charge in [-0.1, -0.05) is 29.5 Å². The van der Waals surface area contributed by atoms with Crippen LogP contribution in [-0.2, 0) is 17.8 Å². The highest BCUT2D eigenvalue weighted by atomic mass is 16.5. The highest BCUT2D eigenvalue weighted by Gasteiger charge is 2.32. The number of ether oxygens (including phenoxy) is 3. The highest BCUT2D eigenvalue weighted by Crippen LogP contribution is 2.28. The van der Waals surface area contributed by atoms with E-state index in [2.05, 4.69) is 10.3 Å². The summed E-state index contributed by atoms with van der Waals surface area (Å²) in [4.78, 5) is 14.4. The number of carbonyl (C=O) groups excluding carboxylic acids is 1. The summed E-state index contributed by atoms with van der Waals surface area (Å²) in [5.41, 5.74) is 1.65. The van der Waals surface area contributed by atoms with Crippen LogP contribution in [0, 0.1) is 0 Å². The second-order valence-corrected chi connectivity index (χ2v) is 7.11. The number of likely N-dealkylation sites (tertiary alicyclic amines) is 1. The van der Waals surface area contributed by atoms with Crippen LogP contribution in [0.3, 0.4) is 0 Å². The van der Waals surface area contributed by atoms with Crippen LogP contribution in [0.4, 0.5) is 0 Å². The second kappa shape index (κ2) is 8.86. The lowest BCUT2D eigenvalue weighted by molar-refractivity contribution is -0.136. The van der Waals surface area contributed by atoms with Crippen LogP contribution in [0.1, 0.15) is 17.3 Å². The van der Waals surface area contributed by atoms with E-state index >= 15 is 0 Å². The number of methoxy groups -OCH3 is 2. The molecule has 1 aliphatic rings. The van der Waals surface area contributed by atoms with E-state index in [-0.39, 0.29) is 11.9 Å². The minimum Gasteiger partial charge on any atom is -0.493 e. The predicted molar refractivity (Wildman–Crippen MR) is 110 cm³/mol. The summed E-state index contributed by atoms with van der Waals surface area (Å²) in [5.74, 6) is 2.14. The molecule has 3 aromatic rings. The summed E-state index contributed by atoms with van der Waals surface area (Å²) in [6, 6.07) is 15.3. The lowest BCUT2D eigenvalue weighted by atomic mass is 10.1. The molecule has 1 aromatic heterocycles. The van der Waals surface area contributed by atoms with E-state index in [1.54, 1.807) is 14.2 Å². The molecule has 0 saturated carbocycles. The van der Waals surface area contributed by atoms with Gasteiger partial charge < -0.3 is 19.1 Å². The number of hydrogen-bond donors (Lipinski definition) is 0. The first-order valence-corrected chi connectivity index (χ1v) is 9.73. The topological polar surface area (TPSA) is 78.7 Å². The van der Waals surface area contributed by atoms with Crippen LogP contribution < -0.4 is 14.2 Å². The number of nitrogens with zero attached hydrogens (tertiary/aromatic N) is 4. The highest BCUT2D eigenvalue weighted by molar-refractivity contribution is 5.79. The van der Waals surface area contributed by atoms with Crippen molar-refractivity contribution in [2.45, 2.75) is 19.1 Å². The van der Waals surface area contributed by atoms with E-state index in [0.717, 1.165) is 17.0 Å². The quantitative estimate of drug-likeness (QED) is 0.570. The second-order valence-electron chi connectivity index (χ2n) is 7.11. The summed E-state index contributed by atoms with van der Waals surface area (Å²) < 4.78 is 18.1. The van der Waals surface area contributed by atoms with Crippen LogP contribution in [-0.4, -0.2) is 53.1 Å². The Labute approximate surface area is 175 Å². The predicted octanol–water partition coefficient (Wildman–Crippen LogP) is 2.50. The van der Waals surface area contributed by atoms with E-state index in [4.69, 9.17) is 14.2 Å². The van der Waals surface area contributed by atoms with E-state index in [9.17, 15) is 4.79 Å². The molecule has 0 unspecified atom stereocenters. The Bertz CT molecular complexity index is 999. The van der Waals surface area contributed by atoms with Crippen LogP contribution in [0.15, 0.2) is 54.7 Å². The Morgan fingerprint density at radius 1 is 1.07 bits per heavy atom. The summed E-state index contributed by atoms with van der Waals surface area (Å²) in [7, 11) is 3.17. The van der Waals surface area contributed by atoms with Gasteiger partial charge in [0.2, 0.25) is 5.91 Å². The SMILES string of the molecule is COc1ccc(CC(=O)N2CC(n3cc(COc4ccccc4)nn3)C2)cc1OC. The van der Waals surface area contributed by atoms with Gasteiger partial charge in [-0.05, 0) is 29.8 Å². The molecule has 1 saturated heterocycles. The Morgan fingerprint density at radius 2 is 1.83 bits per heavy atom. The van der Waals surface area contributed by atoms with Gasteiger partial charge in [-0.2, -0.15) is 0 Å². The smallest absolute Gasteiger partial charge is 0.227 e. The zero-order valence-corrected chi connectivity index (χ0v) is 17.0. The molecule has 2 heterocycles. The first kappa shape index (κ1) is 19.8. The van der Waals surface area contributed by atoms with Crippen LogP contribution in [0.25, 0.3) is 0 Å². The molecule has 1 fully saturated rings. The fourth-order valence-electron chi connectivity index (χ4n) is 3.34. The van der Waals surface area contributed by atoms with Crippen LogP contribution >= 0.6 is 0 Å². The van der Waals surface area contributed by atoms with Crippen molar-refractivity contribution in [3.8, 4) is 17.2 Å².